The van der Waals surface area contributed by atoms with Crippen LogP contribution in [-0.2, 0) is 17.8 Å². The number of para-hydroxylation sites is 1. The van der Waals surface area contributed by atoms with Gasteiger partial charge in [0.2, 0.25) is 11.3 Å². The summed E-state index contributed by atoms with van der Waals surface area (Å²) in [5.74, 6) is -0.129. The Balaban J connectivity index is 1.65. The van der Waals surface area contributed by atoms with Crippen LogP contribution in [0.1, 0.15) is 5.56 Å². The Kier molecular flexibility index (Phi) is 5.98. The van der Waals surface area contributed by atoms with E-state index in [1.54, 1.807) is 22.9 Å². The number of hydrogen-bond donors (Lipinski definition) is 1. The molecule has 0 saturated heterocycles. The van der Waals surface area contributed by atoms with E-state index >= 15 is 0 Å². The summed E-state index contributed by atoms with van der Waals surface area (Å²) in [6.45, 7) is 0.616. The third-order valence-electron chi connectivity index (χ3n) is 4.63. The van der Waals surface area contributed by atoms with Crippen molar-refractivity contribution in [2.45, 2.75) is 19.0 Å². The van der Waals surface area contributed by atoms with Gasteiger partial charge in [-0.15, -0.1) is 0 Å². The maximum Gasteiger partial charge on any atom is 0.241 e. The first-order valence-electron chi connectivity index (χ1n) is 8.96. The van der Waals surface area contributed by atoms with Crippen molar-refractivity contribution in [2.75, 3.05) is 20.6 Å². The van der Waals surface area contributed by atoms with Gasteiger partial charge in [-0.2, -0.15) is 5.10 Å². The van der Waals surface area contributed by atoms with Crippen LogP contribution in [0.3, 0.4) is 0 Å². The number of nitrogens with one attached hydrogen (secondary N) is 1. The van der Waals surface area contributed by atoms with E-state index in [-0.39, 0.29) is 23.9 Å². The van der Waals surface area contributed by atoms with Crippen LogP contribution >= 0.6 is 0 Å². The van der Waals surface area contributed by atoms with E-state index in [9.17, 15) is 9.59 Å². The second-order valence-corrected chi connectivity index (χ2v) is 6.79. The number of carbonyl (C=O) groups excluding carboxylic acids is 1. The fraction of sp³-hybridized carbons (Fsp3) is 0.286. The quantitative estimate of drug-likeness (QED) is 0.693. The largest absolute Gasteiger partial charge is 0.353 e. The molecule has 0 aliphatic carbocycles. The third kappa shape index (κ3) is 4.80. The molecule has 27 heavy (non-hydrogen) atoms. The summed E-state index contributed by atoms with van der Waals surface area (Å²) in [6, 6.07) is 17.6. The molecule has 3 rings (SSSR count). The molecule has 0 radical (unpaired) electrons. The SMILES string of the molecule is CN(C)C(CNC(=O)Cn1ncc(=O)c2ccccc21)Cc1ccccc1. The molecule has 0 aliphatic heterocycles. The summed E-state index contributed by atoms with van der Waals surface area (Å²) in [7, 11) is 4.02. The number of likely N-dealkylation sites (N-methyl/N-ethyl adjacent to an activating group) is 1. The Morgan fingerprint density at radius 1 is 1.11 bits per heavy atom. The first-order valence-corrected chi connectivity index (χ1v) is 8.96. The highest BCUT2D eigenvalue weighted by Gasteiger charge is 2.14. The monoisotopic (exact) mass is 364 g/mol. The van der Waals surface area contributed by atoms with Gasteiger partial charge in [0.25, 0.3) is 0 Å². The number of benzene rings is 2. The molecule has 6 nitrogen and oxygen atoms in total. The third-order valence-corrected chi connectivity index (χ3v) is 4.63. The van der Waals surface area contributed by atoms with Gasteiger partial charge in [-0.3, -0.25) is 14.3 Å². The van der Waals surface area contributed by atoms with E-state index < -0.39 is 0 Å². The zero-order chi connectivity index (χ0) is 19.2. The molecule has 1 atom stereocenters. The molecule has 6 heteroatoms. The second kappa shape index (κ2) is 8.60. The summed E-state index contributed by atoms with van der Waals surface area (Å²) in [5.41, 5.74) is 1.75. The topological polar surface area (TPSA) is 67.2 Å². The van der Waals surface area contributed by atoms with Crippen molar-refractivity contribution in [1.82, 2.24) is 20.0 Å². The van der Waals surface area contributed by atoms with E-state index in [1.165, 1.54) is 11.8 Å². The number of fused-ring (bicyclic) bond motifs is 1. The lowest BCUT2D eigenvalue weighted by atomic mass is 10.1. The maximum atomic E-state index is 12.5. The van der Waals surface area contributed by atoms with Gasteiger partial charge in [0.15, 0.2) is 0 Å². The van der Waals surface area contributed by atoms with Crippen molar-refractivity contribution >= 4 is 16.8 Å². The number of nitrogens with zero attached hydrogens (tertiary/aromatic N) is 3. The lowest BCUT2D eigenvalue weighted by molar-refractivity contribution is -0.122. The molecule has 0 fully saturated rings. The normalized spacial score (nSPS) is 12.3. The minimum atomic E-state index is -0.141. The molecule has 1 heterocycles. The molecular formula is C21H24N4O2. The predicted molar refractivity (Wildman–Crippen MR) is 107 cm³/mol. The molecule has 0 spiro atoms. The van der Waals surface area contributed by atoms with Crippen LogP contribution in [0, 0.1) is 0 Å². The maximum absolute atomic E-state index is 12.5. The van der Waals surface area contributed by atoms with Gasteiger partial charge in [0, 0.05) is 18.0 Å². The first kappa shape index (κ1) is 18.8. The van der Waals surface area contributed by atoms with E-state index in [0.29, 0.717) is 17.4 Å². The van der Waals surface area contributed by atoms with Crippen LogP contribution in [0.5, 0.6) is 0 Å². The Morgan fingerprint density at radius 3 is 2.56 bits per heavy atom. The smallest absolute Gasteiger partial charge is 0.241 e. The Labute approximate surface area is 158 Å². The zero-order valence-corrected chi connectivity index (χ0v) is 15.6. The van der Waals surface area contributed by atoms with Crippen molar-refractivity contribution in [3.8, 4) is 0 Å². The van der Waals surface area contributed by atoms with Crippen molar-refractivity contribution in [3.05, 3.63) is 76.6 Å². The van der Waals surface area contributed by atoms with Gasteiger partial charge < -0.3 is 10.2 Å². The Bertz CT molecular complexity index is 967. The zero-order valence-electron chi connectivity index (χ0n) is 15.6. The minimum Gasteiger partial charge on any atom is -0.353 e. The fourth-order valence-electron chi connectivity index (χ4n) is 3.03. The van der Waals surface area contributed by atoms with Crippen LogP contribution in [0.2, 0.25) is 0 Å². The molecule has 0 aliphatic rings. The van der Waals surface area contributed by atoms with Gasteiger partial charge in [0.1, 0.15) is 6.54 Å². The molecule has 1 amide bonds. The minimum absolute atomic E-state index is 0.0757. The lowest BCUT2D eigenvalue weighted by Gasteiger charge is -2.25. The summed E-state index contributed by atoms with van der Waals surface area (Å²) >= 11 is 0. The number of rotatable bonds is 7. The second-order valence-electron chi connectivity index (χ2n) is 6.79. The van der Waals surface area contributed by atoms with Crippen LogP contribution < -0.4 is 10.7 Å². The molecule has 1 N–H and O–H groups in total. The molecule has 3 aromatic rings. The molecule has 0 bridgehead atoms. The first-order chi connectivity index (χ1) is 13.0. The highest BCUT2D eigenvalue weighted by atomic mass is 16.2. The number of carbonyl (C=O) groups is 1. The molecule has 140 valence electrons. The summed E-state index contributed by atoms with van der Waals surface area (Å²) in [4.78, 5) is 26.5. The van der Waals surface area contributed by atoms with Crippen molar-refractivity contribution in [3.63, 3.8) is 0 Å². The van der Waals surface area contributed by atoms with Crippen molar-refractivity contribution < 1.29 is 4.79 Å². The van der Waals surface area contributed by atoms with Gasteiger partial charge >= 0.3 is 0 Å². The van der Waals surface area contributed by atoms with E-state index in [4.69, 9.17) is 0 Å². The van der Waals surface area contributed by atoms with E-state index in [1.807, 2.05) is 38.4 Å². The molecular weight excluding hydrogens is 340 g/mol. The molecule has 1 aromatic heterocycles. The number of amides is 1. The van der Waals surface area contributed by atoms with E-state index in [0.717, 1.165) is 6.42 Å². The average molecular weight is 364 g/mol. The van der Waals surface area contributed by atoms with Gasteiger partial charge in [-0.25, -0.2) is 0 Å². The van der Waals surface area contributed by atoms with Crippen LogP contribution in [-0.4, -0.2) is 47.3 Å². The highest BCUT2D eigenvalue weighted by Crippen LogP contribution is 2.08. The fourth-order valence-corrected chi connectivity index (χ4v) is 3.03. The number of hydrogen-bond acceptors (Lipinski definition) is 4. The standard InChI is InChI=1S/C21H24N4O2/c1-24(2)17(12-16-8-4-3-5-9-16)13-22-21(27)15-25-19-11-7-6-10-18(19)20(26)14-23-25/h3-11,14,17H,12-13,15H2,1-2H3,(H,22,27). The van der Waals surface area contributed by atoms with Gasteiger partial charge in [0.05, 0.1) is 11.7 Å². The van der Waals surface area contributed by atoms with Gasteiger partial charge in [-0.1, -0.05) is 42.5 Å². The van der Waals surface area contributed by atoms with Crippen LogP contribution in [0.15, 0.2) is 65.6 Å². The highest BCUT2D eigenvalue weighted by molar-refractivity contribution is 5.81. The van der Waals surface area contributed by atoms with E-state index in [2.05, 4.69) is 27.4 Å². The molecule has 0 saturated carbocycles. The van der Waals surface area contributed by atoms with Crippen LogP contribution in [0.25, 0.3) is 10.9 Å². The number of aromatic nitrogens is 2. The van der Waals surface area contributed by atoms with Crippen LogP contribution in [0.4, 0.5) is 0 Å². The Hall–Kier alpha value is -2.99. The lowest BCUT2D eigenvalue weighted by Crippen LogP contribution is -2.42. The summed E-state index contributed by atoms with van der Waals surface area (Å²) in [6.07, 6.45) is 2.11. The average Bonchev–Trinajstić information content (AvgIpc) is 2.68. The van der Waals surface area contributed by atoms with Gasteiger partial charge in [-0.05, 0) is 38.2 Å². The van der Waals surface area contributed by atoms with Crippen molar-refractivity contribution in [1.29, 1.82) is 0 Å². The molecule has 2 aromatic carbocycles. The summed E-state index contributed by atoms with van der Waals surface area (Å²) < 4.78 is 1.56. The molecule has 1 unspecified atom stereocenters. The summed E-state index contributed by atoms with van der Waals surface area (Å²) in [5, 5.41) is 7.67. The van der Waals surface area contributed by atoms with Crippen molar-refractivity contribution in [2.24, 2.45) is 0 Å². The Morgan fingerprint density at radius 2 is 1.81 bits per heavy atom. The predicted octanol–water partition coefficient (Wildman–Crippen LogP) is 1.69.